The van der Waals surface area contributed by atoms with E-state index in [-0.39, 0.29) is 17.2 Å². The molecule has 3 aromatic rings. The van der Waals surface area contributed by atoms with Crippen molar-refractivity contribution in [3.05, 3.63) is 64.6 Å². The Balaban J connectivity index is 1.77. The van der Waals surface area contributed by atoms with Crippen LogP contribution < -0.4 is 9.46 Å². The first kappa shape index (κ1) is 20.3. The normalized spacial score (nSPS) is 11.6. The summed E-state index contributed by atoms with van der Waals surface area (Å²) < 4.78 is 34.9. The fourth-order valence-corrected chi connectivity index (χ4v) is 4.45. The van der Waals surface area contributed by atoms with E-state index in [0.29, 0.717) is 11.4 Å². The summed E-state index contributed by atoms with van der Waals surface area (Å²) in [6.45, 7) is 4.06. The zero-order chi connectivity index (χ0) is 20.3. The molecular formula is C19H21ClN4O3S. The van der Waals surface area contributed by atoms with E-state index in [1.165, 1.54) is 19.2 Å². The Hall–Kier alpha value is -2.42. The molecule has 0 saturated heterocycles. The second kappa shape index (κ2) is 8.30. The molecule has 0 amide bonds. The molecule has 1 N–H and O–H groups in total. The fourth-order valence-electron chi connectivity index (χ4n) is 2.99. The summed E-state index contributed by atoms with van der Waals surface area (Å²) in [4.78, 5) is 4.33. The molecule has 0 atom stereocenters. The molecule has 148 valence electrons. The number of benzene rings is 1. The predicted octanol–water partition coefficient (Wildman–Crippen LogP) is 3.07. The smallest absolute Gasteiger partial charge is 0.244 e. The van der Waals surface area contributed by atoms with Crippen LogP contribution in [0.15, 0.2) is 47.5 Å². The van der Waals surface area contributed by atoms with Gasteiger partial charge in [0.25, 0.3) is 0 Å². The van der Waals surface area contributed by atoms with Crippen LogP contribution in [0.3, 0.4) is 0 Å². The molecule has 0 saturated carbocycles. The van der Waals surface area contributed by atoms with E-state index in [0.717, 1.165) is 22.8 Å². The molecule has 3 rings (SSSR count). The number of hydrogen-bond donors (Lipinski definition) is 1. The largest absolute Gasteiger partial charge is 0.495 e. The molecule has 0 fully saturated rings. The van der Waals surface area contributed by atoms with Crippen LogP contribution in [0.1, 0.15) is 17.0 Å². The monoisotopic (exact) mass is 420 g/mol. The van der Waals surface area contributed by atoms with Crippen LogP contribution in [0, 0.1) is 13.8 Å². The summed E-state index contributed by atoms with van der Waals surface area (Å²) in [6, 6.07) is 10.1. The summed E-state index contributed by atoms with van der Waals surface area (Å²) in [7, 11) is -2.35. The molecule has 2 aromatic heterocycles. The number of methoxy groups -OCH3 is 1. The maximum absolute atomic E-state index is 12.7. The highest BCUT2D eigenvalue weighted by molar-refractivity contribution is 7.89. The van der Waals surface area contributed by atoms with Gasteiger partial charge >= 0.3 is 0 Å². The molecule has 0 aliphatic carbocycles. The van der Waals surface area contributed by atoms with E-state index in [9.17, 15) is 8.42 Å². The van der Waals surface area contributed by atoms with Crippen LogP contribution in [-0.4, -0.2) is 36.8 Å². The number of sulfonamides is 1. The third-order valence-corrected chi connectivity index (χ3v) is 6.11. The number of aromatic nitrogens is 3. The first-order valence-corrected chi connectivity index (χ1v) is 10.5. The average Bonchev–Trinajstić information content (AvgIpc) is 2.97. The second-order valence-electron chi connectivity index (χ2n) is 6.19. The van der Waals surface area contributed by atoms with E-state index < -0.39 is 10.0 Å². The van der Waals surface area contributed by atoms with Crippen LogP contribution in [0.25, 0.3) is 5.82 Å². The Morgan fingerprint density at radius 2 is 2.00 bits per heavy atom. The molecule has 0 bridgehead atoms. The van der Waals surface area contributed by atoms with Gasteiger partial charge in [0.15, 0.2) is 5.82 Å². The molecule has 0 radical (unpaired) electrons. The van der Waals surface area contributed by atoms with Gasteiger partial charge in [-0.3, -0.25) is 0 Å². The predicted molar refractivity (Wildman–Crippen MR) is 108 cm³/mol. The van der Waals surface area contributed by atoms with Crippen LogP contribution in [0.4, 0.5) is 0 Å². The van der Waals surface area contributed by atoms with Gasteiger partial charge in [0.2, 0.25) is 10.0 Å². The van der Waals surface area contributed by atoms with Crippen LogP contribution >= 0.6 is 11.6 Å². The Bertz CT molecular complexity index is 1080. The quantitative estimate of drug-likeness (QED) is 0.634. The fraction of sp³-hybridized carbons (Fsp3) is 0.263. The molecule has 0 aliphatic rings. The highest BCUT2D eigenvalue weighted by Crippen LogP contribution is 2.27. The van der Waals surface area contributed by atoms with Crippen LogP contribution in [-0.2, 0) is 16.4 Å². The lowest BCUT2D eigenvalue weighted by Gasteiger charge is -2.11. The van der Waals surface area contributed by atoms with Gasteiger partial charge in [0, 0.05) is 23.5 Å². The average molecular weight is 421 g/mol. The third-order valence-electron chi connectivity index (χ3n) is 4.39. The lowest BCUT2D eigenvalue weighted by molar-refractivity contribution is 0.402. The number of nitrogens with zero attached hydrogens (tertiary/aromatic N) is 3. The summed E-state index contributed by atoms with van der Waals surface area (Å²) >= 11 is 5.95. The van der Waals surface area contributed by atoms with Crippen molar-refractivity contribution in [2.75, 3.05) is 13.7 Å². The minimum absolute atomic E-state index is 0.0140. The van der Waals surface area contributed by atoms with Gasteiger partial charge in [0.05, 0.1) is 12.8 Å². The van der Waals surface area contributed by atoms with Gasteiger partial charge in [-0.1, -0.05) is 17.7 Å². The number of rotatable bonds is 7. The van der Waals surface area contributed by atoms with Crippen molar-refractivity contribution in [1.82, 2.24) is 19.5 Å². The maximum Gasteiger partial charge on any atom is 0.244 e. The van der Waals surface area contributed by atoms with E-state index >= 15 is 0 Å². The van der Waals surface area contributed by atoms with Crippen molar-refractivity contribution < 1.29 is 13.2 Å². The maximum atomic E-state index is 12.7. The van der Waals surface area contributed by atoms with Crippen molar-refractivity contribution in [3.63, 3.8) is 0 Å². The first-order valence-electron chi connectivity index (χ1n) is 8.63. The Kier molecular flexibility index (Phi) is 6.02. The summed E-state index contributed by atoms with van der Waals surface area (Å²) in [5.74, 6) is 0.964. The molecule has 0 aliphatic heterocycles. The van der Waals surface area contributed by atoms with Crippen LogP contribution in [0.2, 0.25) is 5.02 Å². The number of halogens is 1. The van der Waals surface area contributed by atoms with Gasteiger partial charge in [-0.2, -0.15) is 5.10 Å². The van der Waals surface area contributed by atoms with Crippen molar-refractivity contribution in [3.8, 4) is 11.6 Å². The second-order valence-corrected chi connectivity index (χ2v) is 8.36. The molecule has 2 heterocycles. The van der Waals surface area contributed by atoms with Crippen molar-refractivity contribution in [2.45, 2.75) is 25.2 Å². The van der Waals surface area contributed by atoms with E-state index in [2.05, 4.69) is 14.8 Å². The van der Waals surface area contributed by atoms with E-state index in [1.807, 2.05) is 32.0 Å². The first-order chi connectivity index (χ1) is 13.3. The number of hydrogen-bond acceptors (Lipinski definition) is 5. The molecular weight excluding hydrogens is 400 g/mol. The standard InChI is InChI=1S/C19H21ClN4O3S/c1-13-16(14(2)24(23-13)19-6-4-5-10-21-19)9-11-22-28(25,26)18-12-15(20)7-8-17(18)27-3/h4-8,10,12,22H,9,11H2,1-3H3. The Morgan fingerprint density at radius 1 is 1.21 bits per heavy atom. The summed E-state index contributed by atoms with van der Waals surface area (Å²) in [6.07, 6.45) is 2.20. The minimum atomic E-state index is -3.77. The van der Waals surface area contributed by atoms with Crippen molar-refractivity contribution >= 4 is 21.6 Å². The summed E-state index contributed by atoms with van der Waals surface area (Å²) in [5.41, 5.74) is 2.74. The lowest BCUT2D eigenvalue weighted by Crippen LogP contribution is -2.26. The van der Waals surface area contributed by atoms with Crippen molar-refractivity contribution in [1.29, 1.82) is 0 Å². The molecule has 9 heteroatoms. The minimum Gasteiger partial charge on any atom is -0.495 e. The molecule has 0 unspecified atom stereocenters. The SMILES string of the molecule is COc1ccc(Cl)cc1S(=O)(=O)NCCc1c(C)nn(-c2ccccn2)c1C. The van der Waals surface area contributed by atoms with Gasteiger partial charge in [-0.15, -0.1) is 0 Å². The lowest BCUT2D eigenvalue weighted by atomic mass is 10.1. The molecule has 1 aromatic carbocycles. The Labute approximate surface area is 169 Å². The van der Waals surface area contributed by atoms with Gasteiger partial charge in [0.1, 0.15) is 10.6 Å². The number of ether oxygens (including phenoxy) is 1. The van der Waals surface area contributed by atoms with Gasteiger partial charge in [-0.05, 0) is 56.2 Å². The number of nitrogens with one attached hydrogen (secondary N) is 1. The van der Waals surface area contributed by atoms with Gasteiger partial charge < -0.3 is 4.74 Å². The van der Waals surface area contributed by atoms with Crippen LogP contribution in [0.5, 0.6) is 5.75 Å². The highest BCUT2D eigenvalue weighted by Gasteiger charge is 2.20. The van der Waals surface area contributed by atoms with E-state index in [1.54, 1.807) is 16.9 Å². The number of aryl methyl sites for hydroxylation is 1. The molecule has 28 heavy (non-hydrogen) atoms. The zero-order valence-electron chi connectivity index (χ0n) is 15.8. The van der Waals surface area contributed by atoms with Gasteiger partial charge in [-0.25, -0.2) is 22.8 Å². The van der Waals surface area contributed by atoms with E-state index in [4.69, 9.17) is 16.3 Å². The summed E-state index contributed by atoms with van der Waals surface area (Å²) in [5, 5.41) is 4.86. The van der Waals surface area contributed by atoms with Crippen molar-refractivity contribution in [2.24, 2.45) is 0 Å². The molecule has 7 nitrogen and oxygen atoms in total. The third kappa shape index (κ3) is 4.19. The molecule has 0 spiro atoms. The number of pyridine rings is 1. The zero-order valence-corrected chi connectivity index (χ0v) is 17.4. The topological polar surface area (TPSA) is 86.1 Å². The Morgan fingerprint density at radius 3 is 2.68 bits per heavy atom. The highest BCUT2D eigenvalue weighted by atomic mass is 35.5.